The first-order valence-corrected chi connectivity index (χ1v) is 18.9. The van der Waals surface area contributed by atoms with E-state index < -0.39 is 11.9 Å². The van der Waals surface area contributed by atoms with Crippen molar-refractivity contribution in [2.45, 2.75) is 91.4 Å². The van der Waals surface area contributed by atoms with Gasteiger partial charge in [0.05, 0.1) is 19.8 Å². The molecule has 1 aliphatic rings. The maximum atomic E-state index is 12.1. The van der Waals surface area contributed by atoms with Crippen LogP contribution in [-0.4, -0.2) is 55.2 Å². The van der Waals surface area contributed by atoms with Crippen LogP contribution in [0.3, 0.4) is 0 Å². The van der Waals surface area contributed by atoms with Gasteiger partial charge in [-0.25, -0.2) is 9.59 Å². The van der Waals surface area contributed by atoms with Gasteiger partial charge in [-0.1, -0.05) is 75.4 Å². The molecule has 0 amide bonds. The Hall–Kier alpha value is -4.20. The zero-order chi connectivity index (χ0) is 37.6. The second kappa shape index (κ2) is 20.1. The number of rotatable bonds is 19. The summed E-state index contributed by atoms with van der Waals surface area (Å²) in [5.74, 6) is 1.13. The average Bonchev–Trinajstić information content (AvgIpc) is 3.14. The number of esters is 2. The molecule has 4 rings (SSSR count). The number of ether oxygens (including phenoxy) is 3. The summed E-state index contributed by atoms with van der Waals surface area (Å²) < 4.78 is 17.2. The molecule has 1 fully saturated rings. The molecular weight excluding hydrogens is 652 g/mol. The van der Waals surface area contributed by atoms with Gasteiger partial charge in [0, 0.05) is 30.3 Å². The van der Waals surface area contributed by atoms with E-state index >= 15 is 0 Å². The Morgan fingerprint density at radius 3 is 1.79 bits per heavy atom. The first-order valence-electron chi connectivity index (χ1n) is 18.9. The lowest BCUT2D eigenvalue weighted by Gasteiger charge is -2.26. The van der Waals surface area contributed by atoms with Gasteiger partial charge in [0.2, 0.25) is 0 Å². The van der Waals surface area contributed by atoms with E-state index in [1.165, 1.54) is 42.4 Å². The Kier molecular flexibility index (Phi) is 15.7. The number of hydrogen-bond donors (Lipinski definition) is 2. The highest BCUT2D eigenvalue weighted by Crippen LogP contribution is 2.38. The molecule has 52 heavy (non-hydrogen) atoms. The monoisotopic (exact) mass is 710 g/mol. The zero-order valence-electron chi connectivity index (χ0n) is 31.7. The number of hydrogen-bond acceptors (Lipinski definition) is 7. The van der Waals surface area contributed by atoms with Crippen LogP contribution in [0.25, 0.3) is 22.3 Å². The fourth-order valence-corrected chi connectivity index (χ4v) is 6.84. The third kappa shape index (κ3) is 11.7. The topological polar surface area (TPSA) is 102 Å². The van der Waals surface area contributed by atoms with Gasteiger partial charge >= 0.3 is 11.9 Å². The number of aryl methyl sites for hydroxylation is 3. The molecule has 0 aromatic heterocycles. The van der Waals surface area contributed by atoms with E-state index in [1.54, 1.807) is 13.8 Å². The fraction of sp³-hybridized carbons (Fsp3) is 0.467. The maximum absolute atomic E-state index is 12.1. The molecule has 0 atom stereocenters. The Bertz CT molecular complexity index is 1600. The fourth-order valence-electron chi connectivity index (χ4n) is 6.84. The van der Waals surface area contributed by atoms with E-state index in [9.17, 15) is 19.8 Å². The van der Waals surface area contributed by atoms with Crippen LogP contribution in [0.4, 0.5) is 0 Å². The molecule has 7 heteroatoms. The van der Waals surface area contributed by atoms with Crippen molar-refractivity contribution >= 4 is 11.9 Å². The largest absolute Gasteiger partial charge is 0.493 e. The number of benzene rings is 3. The Morgan fingerprint density at radius 1 is 0.750 bits per heavy atom. The Balaban J connectivity index is 1.64. The van der Waals surface area contributed by atoms with Gasteiger partial charge in [0.15, 0.2) is 0 Å². The van der Waals surface area contributed by atoms with Crippen LogP contribution in [-0.2, 0) is 31.9 Å². The van der Waals surface area contributed by atoms with Crippen molar-refractivity contribution in [3.8, 4) is 28.0 Å². The summed E-state index contributed by atoms with van der Waals surface area (Å²) in [6.07, 6.45) is 8.00. The molecule has 7 nitrogen and oxygen atoms in total. The number of carbonyl (C=O) groups excluding carboxylic acids is 2. The summed E-state index contributed by atoms with van der Waals surface area (Å²) >= 11 is 0. The van der Waals surface area contributed by atoms with Gasteiger partial charge in [-0.3, -0.25) is 0 Å². The minimum atomic E-state index is -0.414. The van der Waals surface area contributed by atoms with Gasteiger partial charge < -0.3 is 24.4 Å². The summed E-state index contributed by atoms with van der Waals surface area (Å²) in [5, 5.41) is 19.3. The van der Waals surface area contributed by atoms with Crippen LogP contribution in [0.1, 0.15) is 93.9 Å². The third-order valence-corrected chi connectivity index (χ3v) is 10.1. The van der Waals surface area contributed by atoms with Crippen LogP contribution in [0.15, 0.2) is 78.9 Å². The molecule has 0 spiro atoms. The van der Waals surface area contributed by atoms with E-state index in [4.69, 9.17) is 14.2 Å². The lowest BCUT2D eigenvalue weighted by Crippen LogP contribution is -2.16. The van der Waals surface area contributed by atoms with Gasteiger partial charge in [-0.05, 0) is 134 Å². The first-order chi connectivity index (χ1) is 25.0. The number of carbonyl (C=O) groups is 2. The zero-order valence-corrected chi connectivity index (χ0v) is 31.7. The lowest BCUT2D eigenvalue weighted by molar-refractivity contribution is -0.139. The van der Waals surface area contributed by atoms with Crippen molar-refractivity contribution in [3.63, 3.8) is 0 Å². The van der Waals surface area contributed by atoms with E-state index in [0.717, 1.165) is 39.5 Å². The summed E-state index contributed by atoms with van der Waals surface area (Å²) in [4.78, 5) is 24.1. The van der Waals surface area contributed by atoms with Crippen LogP contribution in [0.5, 0.6) is 5.75 Å². The minimum Gasteiger partial charge on any atom is -0.493 e. The molecule has 0 saturated heterocycles. The Labute approximate surface area is 310 Å². The maximum Gasteiger partial charge on any atom is 0.333 e. The molecule has 2 N–H and O–H groups in total. The van der Waals surface area contributed by atoms with E-state index in [-0.39, 0.29) is 32.3 Å². The van der Waals surface area contributed by atoms with E-state index in [2.05, 4.69) is 81.6 Å². The second-order valence-corrected chi connectivity index (χ2v) is 14.6. The molecule has 3 aromatic rings. The summed E-state index contributed by atoms with van der Waals surface area (Å²) in [6.45, 7) is 15.6. The third-order valence-electron chi connectivity index (χ3n) is 10.1. The predicted molar refractivity (Wildman–Crippen MR) is 208 cm³/mol. The molecule has 280 valence electrons. The van der Waals surface area contributed by atoms with E-state index in [0.29, 0.717) is 55.8 Å². The van der Waals surface area contributed by atoms with Crippen molar-refractivity contribution in [2.24, 2.45) is 11.8 Å². The quantitative estimate of drug-likeness (QED) is 0.0727. The smallest absolute Gasteiger partial charge is 0.333 e. The average molecular weight is 711 g/mol. The predicted octanol–water partition coefficient (Wildman–Crippen LogP) is 9.10. The van der Waals surface area contributed by atoms with Crippen molar-refractivity contribution < 1.29 is 34.0 Å². The highest BCUT2D eigenvalue weighted by molar-refractivity contribution is 5.87. The van der Waals surface area contributed by atoms with Crippen molar-refractivity contribution in [1.29, 1.82) is 0 Å². The van der Waals surface area contributed by atoms with Crippen molar-refractivity contribution in [3.05, 3.63) is 101 Å². The molecule has 1 saturated carbocycles. The second-order valence-electron chi connectivity index (χ2n) is 14.6. The highest BCUT2D eigenvalue weighted by atomic mass is 16.5. The molecule has 0 heterocycles. The molecular formula is C45H58O7. The SMILES string of the molecule is C=C(C)C(=O)OCCCc1cc(-c2ccc(-c3ccc(C4CCC(C)CC4)cc3)cc2C)cc(CCCOC(=O)C(=C)C)c1OCCC(CO)CO. The minimum absolute atomic E-state index is 0.125. The van der Waals surface area contributed by atoms with Crippen molar-refractivity contribution in [1.82, 2.24) is 0 Å². The highest BCUT2D eigenvalue weighted by Gasteiger charge is 2.20. The molecule has 0 aliphatic heterocycles. The van der Waals surface area contributed by atoms with Crippen LogP contribution in [0, 0.1) is 18.8 Å². The van der Waals surface area contributed by atoms with Gasteiger partial charge in [0.1, 0.15) is 5.75 Å². The first kappa shape index (κ1) is 40.6. The van der Waals surface area contributed by atoms with Gasteiger partial charge in [0.25, 0.3) is 0 Å². The Morgan fingerprint density at radius 2 is 1.29 bits per heavy atom. The van der Waals surface area contributed by atoms with Crippen LogP contribution < -0.4 is 4.74 Å². The van der Waals surface area contributed by atoms with E-state index in [1.807, 2.05) is 0 Å². The summed E-state index contributed by atoms with van der Waals surface area (Å²) in [6, 6.07) is 20.0. The lowest BCUT2D eigenvalue weighted by atomic mass is 9.79. The van der Waals surface area contributed by atoms with Crippen molar-refractivity contribution in [2.75, 3.05) is 33.0 Å². The van der Waals surface area contributed by atoms with Gasteiger partial charge in [-0.15, -0.1) is 0 Å². The summed E-state index contributed by atoms with van der Waals surface area (Å²) in [7, 11) is 0. The number of aliphatic hydroxyl groups excluding tert-OH is 2. The molecule has 0 unspecified atom stereocenters. The van der Waals surface area contributed by atoms with Gasteiger partial charge in [-0.2, -0.15) is 0 Å². The molecule has 1 aliphatic carbocycles. The molecule has 0 bridgehead atoms. The van der Waals surface area contributed by atoms with Crippen LogP contribution in [0.2, 0.25) is 0 Å². The molecule has 0 radical (unpaired) electrons. The molecule has 3 aromatic carbocycles. The standard InChI is InChI=1S/C45H58O7/c1-30(2)44(48)51-22-7-9-39-26-41(27-40(10-8-23-52-45(49)31(3)4)43(39)50-24-21-34(28-46)29-47)42-20-19-38(25-33(42)6)37-17-15-36(16-18-37)35-13-11-32(5)12-14-35/h15-20,25-27,32,34-35,46-47H,1,3,7-14,21-24,28-29H2,2,4-6H3. The summed E-state index contributed by atoms with van der Waals surface area (Å²) in [5.41, 5.74) is 9.77. The number of aliphatic hydroxyl groups is 2. The van der Waals surface area contributed by atoms with Crippen LogP contribution >= 0.6 is 0 Å². The normalized spacial score (nSPS) is 15.7.